The van der Waals surface area contributed by atoms with Crippen molar-refractivity contribution in [2.45, 2.75) is 25.7 Å². The van der Waals surface area contributed by atoms with Crippen molar-refractivity contribution in [1.82, 2.24) is 20.4 Å². The minimum absolute atomic E-state index is 0.276. The average molecular weight is 408 g/mol. The van der Waals surface area contributed by atoms with Crippen LogP contribution in [0, 0.1) is 17.6 Å². The summed E-state index contributed by atoms with van der Waals surface area (Å²) in [6.07, 6.45) is 3.68. The van der Waals surface area contributed by atoms with Gasteiger partial charge in [0.15, 0.2) is 5.96 Å². The van der Waals surface area contributed by atoms with Crippen LogP contribution in [0.1, 0.15) is 24.8 Å². The molecule has 1 aliphatic carbocycles. The monoisotopic (exact) mass is 407 g/mol. The molecule has 2 aliphatic rings. The first-order valence-corrected chi connectivity index (χ1v) is 10.5. The number of nitrogens with one attached hydrogen (secondary N) is 2. The van der Waals surface area contributed by atoms with E-state index in [9.17, 15) is 13.6 Å². The van der Waals surface area contributed by atoms with Crippen LogP contribution in [-0.4, -0.2) is 74.5 Å². The summed E-state index contributed by atoms with van der Waals surface area (Å²) in [6.45, 7) is 5.45. The normalized spacial score (nSPS) is 18.4. The van der Waals surface area contributed by atoms with Crippen molar-refractivity contribution in [3.63, 3.8) is 0 Å². The van der Waals surface area contributed by atoms with Crippen LogP contribution in [0.5, 0.6) is 0 Å². The second-order valence-electron chi connectivity index (χ2n) is 7.71. The van der Waals surface area contributed by atoms with E-state index in [1.54, 1.807) is 7.05 Å². The molecule has 160 valence electrons. The van der Waals surface area contributed by atoms with E-state index < -0.39 is 11.6 Å². The van der Waals surface area contributed by atoms with Gasteiger partial charge in [-0.2, -0.15) is 0 Å². The van der Waals surface area contributed by atoms with Gasteiger partial charge in [0.05, 0.1) is 0 Å². The third-order valence-corrected chi connectivity index (χ3v) is 5.78. The summed E-state index contributed by atoms with van der Waals surface area (Å²) in [7, 11) is 1.68. The zero-order chi connectivity index (χ0) is 20.6. The number of carbonyl (C=O) groups excluding carboxylic acids is 1. The Morgan fingerprint density at radius 3 is 2.52 bits per heavy atom. The number of amides is 1. The molecule has 1 aliphatic heterocycles. The summed E-state index contributed by atoms with van der Waals surface area (Å²) in [5.41, 5.74) is 0.349. The molecule has 8 heteroatoms. The van der Waals surface area contributed by atoms with Crippen LogP contribution in [-0.2, 0) is 11.2 Å². The topological polar surface area (TPSA) is 60.0 Å². The average Bonchev–Trinajstić information content (AvgIpc) is 2.68. The van der Waals surface area contributed by atoms with Crippen molar-refractivity contribution in [2.24, 2.45) is 10.9 Å². The third-order valence-electron chi connectivity index (χ3n) is 5.78. The molecule has 1 aromatic rings. The van der Waals surface area contributed by atoms with Gasteiger partial charge in [0.1, 0.15) is 11.6 Å². The van der Waals surface area contributed by atoms with Crippen LogP contribution in [0.4, 0.5) is 8.78 Å². The molecular weight excluding hydrogens is 376 g/mol. The lowest BCUT2D eigenvalue weighted by atomic mass is 9.84. The summed E-state index contributed by atoms with van der Waals surface area (Å²) in [4.78, 5) is 20.8. The molecule has 1 saturated carbocycles. The maximum absolute atomic E-state index is 13.7. The quantitative estimate of drug-likeness (QED) is 0.533. The molecule has 2 N–H and O–H groups in total. The second-order valence-corrected chi connectivity index (χ2v) is 7.71. The van der Waals surface area contributed by atoms with Gasteiger partial charge in [-0.3, -0.25) is 14.7 Å². The number of nitrogens with zero attached hydrogens (tertiary/aromatic N) is 3. The Morgan fingerprint density at radius 2 is 1.86 bits per heavy atom. The van der Waals surface area contributed by atoms with E-state index in [2.05, 4.69) is 20.5 Å². The standard InChI is InChI=1S/C21H31F2N5O/c1-24-21(25-8-7-17-15-18(22)5-6-19(17)23)26-9-10-27-11-13-28(14-12-27)20(29)16-3-2-4-16/h5-6,15-16H,2-4,7-14H2,1H3,(H2,24,25,26). The SMILES string of the molecule is CN=C(NCCc1cc(F)ccc1F)NCCN1CCN(C(=O)C2CCC2)CC1. The lowest BCUT2D eigenvalue weighted by molar-refractivity contribution is -0.139. The van der Waals surface area contributed by atoms with Crippen LogP contribution < -0.4 is 10.6 Å². The van der Waals surface area contributed by atoms with E-state index in [0.29, 0.717) is 30.4 Å². The molecule has 29 heavy (non-hydrogen) atoms. The molecule has 1 saturated heterocycles. The molecule has 3 rings (SSSR count). The molecular formula is C21H31F2N5O. The number of halogens is 2. The number of hydrogen-bond donors (Lipinski definition) is 2. The molecule has 0 radical (unpaired) electrons. The highest BCUT2D eigenvalue weighted by atomic mass is 19.1. The molecule has 2 fully saturated rings. The molecule has 1 amide bonds. The van der Waals surface area contributed by atoms with Gasteiger partial charge in [0.2, 0.25) is 5.91 Å². The number of aliphatic imine (C=N–C) groups is 1. The first-order valence-electron chi connectivity index (χ1n) is 10.5. The Kier molecular flexibility index (Phi) is 7.80. The maximum Gasteiger partial charge on any atom is 0.225 e. The molecule has 6 nitrogen and oxygen atoms in total. The van der Waals surface area contributed by atoms with Crippen LogP contribution in [0.25, 0.3) is 0 Å². The minimum atomic E-state index is -0.432. The first-order chi connectivity index (χ1) is 14.1. The number of hydrogen-bond acceptors (Lipinski definition) is 3. The second kappa shape index (κ2) is 10.5. The lowest BCUT2D eigenvalue weighted by Crippen LogP contribution is -2.52. The summed E-state index contributed by atoms with van der Waals surface area (Å²) >= 11 is 0. The fourth-order valence-electron chi connectivity index (χ4n) is 3.71. The van der Waals surface area contributed by atoms with Crippen molar-refractivity contribution >= 4 is 11.9 Å². The fraction of sp³-hybridized carbons (Fsp3) is 0.619. The summed E-state index contributed by atoms with van der Waals surface area (Å²) in [5, 5.41) is 6.38. The summed E-state index contributed by atoms with van der Waals surface area (Å²) < 4.78 is 26.9. The molecule has 1 heterocycles. The van der Waals surface area contributed by atoms with Gasteiger partial charge in [-0.1, -0.05) is 6.42 Å². The van der Waals surface area contributed by atoms with E-state index in [0.717, 1.165) is 64.2 Å². The predicted molar refractivity (Wildman–Crippen MR) is 110 cm³/mol. The largest absolute Gasteiger partial charge is 0.356 e. The highest BCUT2D eigenvalue weighted by Gasteiger charge is 2.30. The van der Waals surface area contributed by atoms with E-state index >= 15 is 0 Å². The van der Waals surface area contributed by atoms with Gasteiger partial charge < -0.3 is 15.5 Å². The zero-order valence-corrected chi connectivity index (χ0v) is 17.1. The highest BCUT2D eigenvalue weighted by Crippen LogP contribution is 2.28. The van der Waals surface area contributed by atoms with Crippen LogP contribution in [0.3, 0.4) is 0 Å². The maximum atomic E-state index is 13.7. The Balaban J connectivity index is 1.31. The van der Waals surface area contributed by atoms with E-state index in [4.69, 9.17) is 0 Å². The van der Waals surface area contributed by atoms with Gasteiger partial charge in [-0.05, 0) is 43.0 Å². The van der Waals surface area contributed by atoms with Gasteiger partial charge in [0, 0.05) is 58.8 Å². The van der Waals surface area contributed by atoms with Gasteiger partial charge in [0.25, 0.3) is 0 Å². The molecule has 0 bridgehead atoms. The van der Waals surface area contributed by atoms with Crippen LogP contribution in [0.2, 0.25) is 0 Å². The van der Waals surface area contributed by atoms with Gasteiger partial charge in [-0.25, -0.2) is 8.78 Å². The van der Waals surface area contributed by atoms with Crippen molar-refractivity contribution < 1.29 is 13.6 Å². The van der Waals surface area contributed by atoms with E-state index in [1.807, 2.05) is 4.90 Å². The minimum Gasteiger partial charge on any atom is -0.356 e. The predicted octanol–water partition coefficient (Wildman–Crippen LogP) is 1.62. The number of guanidine groups is 1. The van der Waals surface area contributed by atoms with Crippen LogP contribution in [0.15, 0.2) is 23.2 Å². The smallest absolute Gasteiger partial charge is 0.225 e. The molecule has 0 aromatic heterocycles. The third kappa shape index (κ3) is 6.13. The molecule has 0 atom stereocenters. The highest BCUT2D eigenvalue weighted by molar-refractivity contribution is 5.80. The van der Waals surface area contributed by atoms with Crippen molar-refractivity contribution in [3.05, 3.63) is 35.4 Å². The number of rotatable bonds is 7. The zero-order valence-electron chi connectivity index (χ0n) is 17.1. The Labute approximate surface area is 171 Å². The van der Waals surface area contributed by atoms with Crippen molar-refractivity contribution in [1.29, 1.82) is 0 Å². The molecule has 1 aromatic carbocycles. The van der Waals surface area contributed by atoms with Gasteiger partial charge >= 0.3 is 0 Å². The van der Waals surface area contributed by atoms with Crippen LogP contribution >= 0.6 is 0 Å². The van der Waals surface area contributed by atoms with Gasteiger partial charge in [-0.15, -0.1) is 0 Å². The summed E-state index contributed by atoms with van der Waals surface area (Å²) in [6, 6.07) is 3.50. The molecule has 0 spiro atoms. The van der Waals surface area contributed by atoms with Crippen molar-refractivity contribution in [2.75, 3.05) is 52.9 Å². The Hall–Kier alpha value is -2.22. The number of piperazine rings is 1. The first kappa shape index (κ1) is 21.5. The fourth-order valence-corrected chi connectivity index (χ4v) is 3.71. The molecule has 0 unspecified atom stereocenters. The Morgan fingerprint density at radius 1 is 1.14 bits per heavy atom. The number of carbonyl (C=O) groups is 1. The van der Waals surface area contributed by atoms with E-state index in [-0.39, 0.29) is 5.92 Å². The lowest BCUT2D eigenvalue weighted by Gasteiger charge is -2.38. The van der Waals surface area contributed by atoms with E-state index in [1.165, 1.54) is 12.5 Å². The Bertz CT molecular complexity index is 715. The van der Waals surface area contributed by atoms with Crippen molar-refractivity contribution in [3.8, 4) is 0 Å². The summed E-state index contributed by atoms with van der Waals surface area (Å²) in [5.74, 6) is 0.428. The number of benzene rings is 1.